The summed E-state index contributed by atoms with van der Waals surface area (Å²) in [4.78, 5) is 11.6. The van der Waals surface area contributed by atoms with E-state index in [-0.39, 0.29) is 0 Å². The van der Waals surface area contributed by atoms with Crippen molar-refractivity contribution in [2.24, 2.45) is 17.8 Å². The summed E-state index contributed by atoms with van der Waals surface area (Å²) in [5.74, 6) is 3.48. The summed E-state index contributed by atoms with van der Waals surface area (Å²) in [7, 11) is 0. The maximum absolute atomic E-state index is 11.6. The van der Waals surface area contributed by atoms with Crippen molar-refractivity contribution in [1.29, 1.82) is 0 Å². The van der Waals surface area contributed by atoms with Gasteiger partial charge in [0.15, 0.2) is 0 Å². The van der Waals surface area contributed by atoms with Crippen LogP contribution in [0.3, 0.4) is 0 Å². The van der Waals surface area contributed by atoms with E-state index in [0.717, 1.165) is 55.6 Å². The van der Waals surface area contributed by atoms with Crippen molar-refractivity contribution in [3.8, 4) is 0 Å². The van der Waals surface area contributed by atoms with Gasteiger partial charge in [0.2, 0.25) is 0 Å². The minimum absolute atomic E-state index is 0.465. The summed E-state index contributed by atoms with van der Waals surface area (Å²) in [6.45, 7) is 4.84. The molecule has 0 aromatic rings. The Morgan fingerprint density at radius 3 is 2.48 bits per heavy atom. The molecule has 3 heteroatoms. The van der Waals surface area contributed by atoms with Crippen LogP contribution < -0.4 is 0 Å². The number of unbranched alkanes of at least 4 members (excludes halogenated alkanes) is 1. The molecule has 0 N–H and O–H groups in total. The Morgan fingerprint density at radius 2 is 1.87 bits per heavy atom. The van der Waals surface area contributed by atoms with Crippen LogP contribution in [0.4, 0.5) is 4.79 Å². The highest BCUT2D eigenvalue weighted by molar-refractivity contribution is 5.61. The molecule has 0 aromatic heterocycles. The number of hydrogen-bond donors (Lipinski definition) is 0. The van der Waals surface area contributed by atoms with Gasteiger partial charge in [-0.1, -0.05) is 46.0 Å². The molecule has 0 saturated heterocycles. The van der Waals surface area contributed by atoms with Gasteiger partial charge in [-0.25, -0.2) is 4.79 Å². The quantitative estimate of drug-likeness (QED) is 0.411. The first-order valence-electron chi connectivity index (χ1n) is 9.76. The number of allylic oxidation sites excluding steroid dienone is 2. The van der Waals surface area contributed by atoms with Crippen LogP contribution in [0.5, 0.6) is 0 Å². The summed E-state index contributed by atoms with van der Waals surface area (Å²) in [6.07, 6.45) is 15.0. The first kappa shape index (κ1) is 18.4. The highest BCUT2D eigenvalue weighted by Gasteiger charge is 2.29. The van der Waals surface area contributed by atoms with Gasteiger partial charge in [0.25, 0.3) is 0 Å². The molecule has 0 amide bonds. The van der Waals surface area contributed by atoms with Crippen molar-refractivity contribution in [1.82, 2.24) is 0 Å². The van der Waals surface area contributed by atoms with Crippen LogP contribution in [0.25, 0.3) is 0 Å². The Hall–Kier alpha value is -0.990. The molecule has 1 unspecified atom stereocenters. The lowest BCUT2D eigenvalue weighted by Crippen LogP contribution is -2.23. The molecule has 132 valence electrons. The third-order valence-electron chi connectivity index (χ3n) is 5.60. The Morgan fingerprint density at radius 1 is 1.09 bits per heavy atom. The van der Waals surface area contributed by atoms with E-state index < -0.39 is 6.16 Å². The van der Waals surface area contributed by atoms with Gasteiger partial charge in [-0.2, -0.15) is 0 Å². The number of ether oxygens (including phenoxy) is 2. The maximum Gasteiger partial charge on any atom is 0.513 e. The zero-order valence-electron chi connectivity index (χ0n) is 15.0. The van der Waals surface area contributed by atoms with E-state index in [1.54, 1.807) is 0 Å². The van der Waals surface area contributed by atoms with Gasteiger partial charge in [0, 0.05) is 6.42 Å². The molecular weight excluding hydrogens is 288 g/mol. The molecule has 0 spiro atoms. The van der Waals surface area contributed by atoms with Gasteiger partial charge < -0.3 is 9.47 Å². The molecule has 2 rings (SSSR count). The van der Waals surface area contributed by atoms with Crippen LogP contribution in [0.2, 0.25) is 0 Å². The lowest BCUT2D eigenvalue weighted by atomic mass is 9.71. The zero-order valence-corrected chi connectivity index (χ0v) is 15.0. The lowest BCUT2D eigenvalue weighted by molar-refractivity contribution is 0.0703. The number of carbonyl (C=O) groups is 1. The molecule has 0 radical (unpaired) electrons. The van der Waals surface area contributed by atoms with Gasteiger partial charge in [0.1, 0.15) is 5.76 Å². The monoisotopic (exact) mass is 322 g/mol. The predicted molar refractivity (Wildman–Crippen MR) is 93.1 cm³/mol. The average molecular weight is 322 g/mol. The minimum Gasteiger partial charge on any atom is -0.434 e. The van der Waals surface area contributed by atoms with Crippen molar-refractivity contribution in [2.45, 2.75) is 84.5 Å². The highest BCUT2D eigenvalue weighted by Crippen LogP contribution is 2.40. The van der Waals surface area contributed by atoms with Crippen LogP contribution in [-0.4, -0.2) is 12.8 Å². The van der Waals surface area contributed by atoms with Crippen LogP contribution in [0.15, 0.2) is 11.8 Å². The maximum atomic E-state index is 11.6. The van der Waals surface area contributed by atoms with Crippen molar-refractivity contribution in [3.63, 3.8) is 0 Å². The van der Waals surface area contributed by atoms with E-state index in [1.807, 2.05) is 0 Å². The summed E-state index contributed by atoms with van der Waals surface area (Å²) in [6, 6.07) is 0. The molecule has 2 aliphatic carbocycles. The van der Waals surface area contributed by atoms with Gasteiger partial charge in [-0.05, 0) is 55.9 Å². The van der Waals surface area contributed by atoms with E-state index in [1.165, 1.54) is 38.5 Å². The van der Waals surface area contributed by atoms with Gasteiger partial charge in [0.05, 0.1) is 6.61 Å². The van der Waals surface area contributed by atoms with E-state index >= 15 is 0 Å². The SMILES string of the molecule is CCCCOC(=O)OC1=CCC(C2CCC(CCC)CC2)CC1. The first-order valence-corrected chi connectivity index (χ1v) is 9.76. The Labute approximate surface area is 141 Å². The fraction of sp³-hybridized carbons (Fsp3) is 0.850. The predicted octanol–water partition coefficient (Wildman–Crippen LogP) is 6.23. The zero-order chi connectivity index (χ0) is 16.5. The average Bonchev–Trinajstić information content (AvgIpc) is 2.57. The second kappa shape index (κ2) is 10.00. The number of hydrogen-bond acceptors (Lipinski definition) is 3. The van der Waals surface area contributed by atoms with E-state index in [4.69, 9.17) is 9.47 Å². The second-order valence-corrected chi connectivity index (χ2v) is 7.33. The Kier molecular flexibility index (Phi) is 7.98. The first-order chi connectivity index (χ1) is 11.2. The van der Waals surface area contributed by atoms with Crippen molar-refractivity contribution in [2.75, 3.05) is 6.61 Å². The Bertz CT molecular complexity index is 380. The molecule has 1 saturated carbocycles. The van der Waals surface area contributed by atoms with E-state index in [2.05, 4.69) is 19.9 Å². The summed E-state index contributed by atoms with van der Waals surface area (Å²) in [5.41, 5.74) is 0. The third-order valence-corrected chi connectivity index (χ3v) is 5.60. The third kappa shape index (κ3) is 6.19. The van der Waals surface area contributed by atoms with Crippen molar-refractivity contribution < 1.29 is 14.3 Å². The van der Waals surface area contributed by atoms with Crippen LogP contribution in [0, 0.1) is 17.8 Å². The molecule has 2 aliphatic rings. The molecule has 1 fully saturated rings. The molecule has 0 aliphatic heterocycles. The van der Waals surface area contributed by atoms with E-state index in [0.29, 0.717) is 6.61 Å². The molecular formula is C20H34O3. The van der Waals surface area contributed by atoms with Gasteiger partial charge >= 0.3 is 6.16 Å². The molecule has 0 heterocycles. The molecule has 3 nitrogen and oxygen atoms in total. The molecule has 23 heavy (non-hydrogen) atoms. The van der Waals surface area contributed by atoms with Crippen LogP contribution >= 0.6 is 0 Å². The van der Waals surface area contributed by atoms with Crippen molar-refractivity contribution in [3.05, 3.63) is 11.8 Å². The summed E-state index contributed by atoms with van der Waals surface area (Å²) >= 11 is 0. The number of carbonyl (C=O) groups excluding carboxylic acids is 1. The normalized spacial score (nSPS) is 28.1. The molecule has 1 atom stereocenters. The summed E-state index contributed by atoms with van der Waals surface area (Å²) in [5, 5.41) is 0. The fourth-order valence-corrected chi connectivity index (χ4v) is 4.14. The smallest absolute Gasteiger partial charge is 0.434 e. The largest absolute Gasteiger partial charge is 0.513 e. The van der Waals surface area contributed by atoms with Crippen LogP contribution in [-0.2, 0) is 9.47 Å². The number of rotatable bonds is 7. The Balaban J connectivity index is 1.68. The van der Waals surface area contributed by atoms with Gasteiger partial charge in [-0.3, -0.25) is 0 Å². The van der Waals surface area contributed by atoms with Gasteiger partial charge in [-0.15, -0.1) is 0 Å². The standard InChI is InChI=1S/C20H34O3/c1-3-5-15-22-20(21)23-19-13-11-18(12-14-19)17-9-7-16(6-4-2)8-10-17/h13,16-18H,3-12,14-15H2,1-2H3. The lowest BCUT2D eigenvalue weighted by Gasteiger charge is -2.35. The van der Waals surface area contributed by atoms with E-state index in [9.17, 15) is 4.79 Å². The second-order valence-electron chi connectivity index (χ2n) is 7.33. The van der Waals surface area contributed by atoms with Crippen molar-refractivity contribution >= 4 is 6.16 Å². The summed E-state index contributed by atoms with van der Waals surface area (Å²) < 4.78 is 10.4. The topological polar surface area (TPSA) is 35.5 Å². The highest BCUT2D eigenvalue weighted by atomic mass is 16.7. The molecule has 0 aromatic carbocycles. The fourth-order valence-electron chi connectivity index (χ4n) is 4.14. The van der Waals surface area contributed by atoms with Crippen LogP contribution in [0.1, 0.15) is 84.5 Å². The molecule has 0 bridgehead atoms. The minimum atomic E-state index is -0.525.